The number of ether oxygens (including phenoxy) is 1. The van der Waals surface area contributed by atoms with Crippen molar-refractivity contribution in [3.63, 3.8) is 0 Å². The molecule has 0 radical (unpaired) electrons. The summed E-state index contributed by atoms with van der Waals surface area (Å²) in [6, 6.07) is 17.4. The topological polar surface area (TPSA) is 46.5 Å². The molecule has 0 unspecified atom stereocenters. The summed E-state index contributed by atoms with van der Waals surface area (Å²) in [7, 11) is 0. The molecule has 0 saturated carbocycles. The summed E-state index contributed by atoms with van der Waals surface area (Å²) in [5, 5.41) is 10.9. The molecule has 0 aromatic heterocycles. The van der Waals surface area contributed by atoms with Gasteiger partial charge in [0.05, 0.1) is 12.7 Å². The first-order valence-electron chi connectivity index (χ1n) is 8.09. The van der Waals surface area contributed by atoms with E-state index in [-0.39, 0.29) is 5.92 Å². The molecule has 1 N–H and O–H groups in total. The molecule has 0 saturated heterocycles. The van der Waals surface area contributed by atoms with Gasteiger partial charge in [0.25, 0.3) is 0 Å². The Morgan fingerprint density at radius 1 is 1.12 bits per heavy atom. The minimum absolute atomic E-state index is 0.299. The van der Waals surface area contributed by atoms with Gasteiger partial charge in [-0.05, 0) is 29.2 Å². The van der Waals surface area contributed by atoms with Crippen molar-refractivity contribution < 1.29 is 14.6 Å². The monoisotopic (exact) mass is 320 g/mol. The zero-order chi connectivity index (χ0) is 16.9. The molecule has 3 rings (SSSR count). The number of hydrogen-bond donors (Lipinski definition) is 1. The summed E-state index contributed by atoms with van der Waals surface area (Å²) in [6.07, 6.45) is 4.73. The Kier molecular flexibility index (Phi) is 4.92. The molecule has 2 aromatic rings. The predicted octanol–water partition coefficient (Wildman–Crippen LogP) is 4.01. The molecule has 1 aliphatic carbocycles. The highest BCUT2D eigenvalue weighted by atomic mass is 16.5. The maximum atomic E-state index is 12.0. The lowest BCUT2D eigenvalue weighted by Crippen LogP contribution is -2.17. The maximum Gasteiger partial charge on any atom is 0.331 e. The van der Waals surface area contributed by atoms with Gasteiger partial charge >= 0.3 is 5.97 Å². The molecular formula is C21H20O3. The second kappa shape index (κ2) is 7.28. The number of benzene rings is 2. The van der Waals surface area contributed by atoms with Crippen molar-refractivity contribution in [1.82, 2.24) is 0 Å². The van der Waals surface area contributed by atoms with Crippen LogP contribution in [0.15, 0.2) is 66.7 Å². The van der Waals surface area contributed by atoms with Gasteiger partial charge in [0.2, 0.25) is 0 Å². The summed E-state index contributed by atoms with van der Waals surface area (Å²) < 4.78 is 5.07. The lowest BCUT2D eigenvalue weighted by atomic mass is 9.80. The van der Waals surface area contributed by atoms with Gasteiger partial charge in [0, 0.05) is 12.0 Å². The lowest BCUT2D eigenvalue weighted by Gasteiger charge is -2.28. The quantitative estimate of drug-likeness (QED) is 0.684. The van der Waals surface area contributed by atoms with Crippen LogP contribution in [0.2, 0.25) is 0 Å². The van der Waals surface area contributed by atoms with Crippen molar-refractivity contribution in [2.75, 3.05) is 6.61 Å². The molecule has 0 heterocycles. The van der Waals surface area contributed by atoms with Gasteiger partial charge in [0.1, 0.15) is 0 Å². The van der Waals surface area contributed by atoms with E-state index in [4.69, 9.17) is 4.74 Å². The lowest BCUT2D eigenvalue weighted by molar-refractivity contribution is -0.137. The fourth-order valence-corrected chi connectivity index (χ4v) is 3.03. The van der Waals surface area contributed by atoms with Crippen LogP contribution in [0.25, 0.3) is 11.6 Å². The van der Waals surface area contributed by atoms with Crippen LogP contribution in [-0.4, -0.2) is 17.7 Å². The number of carbonyl (C=O) groups is 1. The van der Waals surface area contributed by atoms with E-state index in [9.17, 15) is 9.90 Å². The molecule has 0 aliphatic heterocycles. The van der Waals surface area contributed by atoms with E-state index in [1.807, 2.05) is 66.7 Å². The average molecular weight is 320 g/mol. The van der Waals surface area contributed by atoms with Crippen molar-refractivity contribution in [3.8, 4) is 0 Å². The third-order valence-electron chi connectivity index (χ3n) is 4.16. The van der Waals surface area contributed by atoms with Crippen LogP contribution in [0.4, 0.5) is 0 Å². The minimum atomic E-state index is -0.702. The van der Waals surface area contributed by atoms with Gasteiger partial charge in [-0.2, -0.15) is 0 Å². The molecule has 3 heteroatoms. The van der Waals surface area contributed by atoms with Crippen molar-refractivity contribution in [3.05, 3.63) is 83.4 Å². The van der Waals surface area contributed by atoms with Crippen LogP contribution in [0.1, 0.15) is 29.7 Å². The summed E-state index contributed by atoms with van der Waals surface area (Å²) in [5.41, 5.74) is 3.53. The Hall–Kier alpha value is -2.65. The van der Waals surface area contributed by atoms with Gasteiger partial charge in [0.15, 0.2) is 0 Å². The molecule has 3 nitrogen and oxygen atoms in total. The molecule has 2 aromatic carbocycles. The van der Waals surface area contributed by atoms with Gasteiger partial charge in [-0.15, -0.1) is 0 Å². The molecule has 2 atom stereocenters. The SMILES string of the molecule is CCOC(=O)/C=C(\c1ccccc1)[C@H]1C=Cc2ccccc2[C@H]1O. The van der Waals surface area contributed by atoms with Crippen molar-refractivity contribution in [2.24, 2.45) is 5.92 Å². The van der Waals surface area contributed by atoms with E-state index in [1.165, 1.54) is 6.08 Å². The maximum absolute atomic E-state index is 12.0. The molecule has 0 bridgehead atoms. The Morgan fingerprint density at radius 3 is 2.58 bits per heavy atom. The van der Waals surface area contributed by atoms with Gasteiger partial charge in [-0.25, -0.2) is 4.79 Å². The van der Waals surface area contributed by atoms with E-state index in [0.717, 1.165) is 22.3 Å². The Balaban J connectivity index is 2.03. The number of aliphatic hydroxyl groups excluding tert-OH is 1. The largest absolute Gasteiger partial charge is 0.463 e. The van der Waals surface area contributed by atoms with Crippen LogP contribution in [0.5, 0.6) is 0 Å². The highest BCUT2D eigenvalue weighted by Crippen LogP contribution is 2.39. The molecule has 122 valence electrons. The summed E-state index contributed by atoms with van der Waals surface area (Å²) in [4.78, 5) is 12.0. The minimum Gasteiger partial charge on any atom is -0.463 e. The zero-order valence-electron chi connectivity index (χ0n) is 13.6. The van der Waals surface area contributed by atoms with Crippen LogP contribution < -0.4 is 0 Å². The molecule has 0 amide bonds. The average Bonchev–Trinajstić information content (AvgIpc) is 2.62. The van der Waals surface area contributed by atoms with E-state index < -0.39 is 12.1 Å². The standard InChI is InChI=1S/C21H20O3/c1-2-24-20(22)14-19(15-8-4-3-5-9-15)18-13-12-16-10-6-7-11-17(16)21(18)23/h3-14,18,21,23H,2H2,1H3/b19-14+/t18-,21-/m1/s1. The highest BCUT2D eigenvalue weighted by molar-refractivity contribution is 5.93. The van der Waals surface area contributed by atoms with Crippen molar-refractivity contribution in [2.45, 2.75) is 13.0 Å². The fourth-order valence-electron chi connectivity index (χ4n) is 3.03. The smallest absolute Gasteiger partial charge is 0.331 e. The summed E-state index contributed by atoms with van der Waals surface area (Å²) >= 11 is 0. The molecule has 0 spiro atoms. The Labute approximate surface area is 141 Å². The van der Waals surface area contributed by atoms with Crippen LogP contribution in [0, 0.1) is 5.92 Å². The Morgan fingerprint density at radius 2 is 1.83 bits per heavy atom. The number of hydrogen-bond acceptors (Lipinski definition) is 3. The second-order valence-corrected chi connectivity index (χ2v) is 5.68. The van der Waals surface area contributed by atoms with E-state index in [1.54, 1.807) is 6.92 Å². The van der Waals surface area contributed by atoms with E-state index in [2.05, 4.69) is 0 Å². The first-order chi connectivity index (χ1) is 11.7. The van der Waals surface area contributed by atoms with Crippen molar-refractivity contribution >= 4 is 17.6 Å². The van der Waals surface area contributed by atoms with Gasteiger partial charge in [-0.3, -0.25) is 0 Å². The number of fused-ring (bicyclic) bond motifs is 1. The number of aliphatic hydroxyl groups is 1. The third kappa shape index (κ3) is 3.31. The highest BCUT2D eigenvalue weighted by Gasteiger charge is 2.28. The summed E-state index contributed by atoms with van der Waals surface area (Å²) in [5.74, 6) is -0.692. The molecule has 24 heavy (non-hydrogen) atoms. The zero-order valence-corrected chi connectivity index (χ0v) is 13.6. The van der Waals surface area contributed by atoms with Crippen molar-refractivity contribution in [1.29, 1.82) is 0 Å². The molecular weight excluding hydrogens is 300 g/mol. The van der Waals surface area contributed by atoms with Gasteiger partial charge in [-0.1, -0.05) is 66.7 Å². The number of esters is 1. The van der Waals surface area contributed by atoms with Crippen LogP contribution in [0.3, 0.4) is 0 Å². The molecule has 0 fully saturated rings. The Bertz CT molecular complexity index is 775. The first-order valence-corrected chi connectivity index (χ1v) is 8.09. The normalized spacial score (nSPS) is 19.7. The second-order valence-electron chi connectivity index (χ2n) is 5.68. The first kappa shape index (κ1) is 16.2. The summed E-state index contributed by atoms with van der Waals surface area (Å²) in [6.45, 7) is 2.10. The predicted molar refractivity (Wildman–Crippen MR) is 95.0 cm³/mol. The van der Waals surface area contributed by atoms with Crippen LogP contribution >= 0.6 is 0 Å². The fraction of sp³-hybridized carbons (Fsp3) is 0.190. The van der Waals surface area contributed by atoms with E-state index >= 15 is 0 Å². The van der Waals surface area contributed by atoms with Crippen LogP contribution in [-0.2, 0) is 9.53 Å². The van der Waals surface area contributed by atoms with Gasteiger partial charge < -0.3 is 9.84 Å². The number of rotatable bonds is 4. The molecule has 1 aliphatic rings. The van der Waals surface area contributed by atoms with E-state index in [0.29, 0.717) is 6.61 Å². The number of carbonyl (C=O) groups excluding carboxylic acids is 1. The third-order valence-corrected chi connectivity index (χ3v) is 4.16.